The van der Waals surface area contributed by atoms with Gasteiger partial charge in [-0.3, -0.25) is 4.68 Å². The summed E-state index contributed by atoms with van der Waals surface area (Å²) in [5.41, 5.74) is 6.57. The van der Waals surface area contributed by atoms with Crippen LogP contribution in [-0.4, -0.2) is 59.8 Å². The van der Waals surface area contributed by atoms with E-state index in [-0.39, 0.29) is 22.8 Å². The Labute approximate surface area is 198 Å². The molecule has 0 bridgehead atoms. The van der Waals surface area contributed by atoms with E-state index in [9.17, 15) is 18.3 Å². The zero-order chi connectivity index (χ0) is 24.9. The third-order valence-electron chi connectivity index (χ3n) is 5.90. The van der Waals surface area contributed by atoms with E-state index in [1.165, 1.54) is 4.52 Å². The first-order valence-electron chi connectivity index (χ1n) is 11.2. The third-order valence-corrected chi connectivity index (χ3v) is 5.90. The summed E-state index contributed by atoms with van der Waals surface area (Å²) >= 11 is 0. The van der Waals surface area contributed by atoms with Crippen LogP contribution in [-0.2, 0) is 6.54 Å². The maximum Gasteiger partial charge on any atom is 0.387 e. The topological polar surface area (TPSA) is 120 Å². The van der Waals surface area contributed by atoms with Gasteiger partial charge in [-0.05, 0) is 32.8 Å². The van der Waals surface area contributed by atoms with Gasteiger partial charge in [0.05, 0.1) is 29.5 Å². The number of piperidine rings is 1. The van der Waals surface area contributed by atoms with Crippen molar-refractivity contribution in [3.05, 3.63) is 36.2 Å². The summed E-state index contributed by atoms with van der Waals surface area (Å²) in [6.07, 6.45) is 5.41. The van der Waals surface area contributed by atoms with Gasteiger partial charge in [-0.2, -0.15) is 18.4 Å². The zero-order valence-electron chi connectivity index (χ0n) is 19.2. The van der Waals surface area contributed by atoms with E-state index < -0.39 is 23.8 Å². The van der Waals surface area contributed by atoms with Gasteiger partial charge in [0.25, 0.3) is 0 Å². The molecule has 1 fully saturated rings. The smallest absolute Gasteiger partial charge is 0.387 e. The lowest BCUT2D eigenvalue weighted by Crippen LogP contribution is -2.34. The van der Waals surface area contributed by atoms with Crippen molar-refractivity contribution in [3.63, 3.8) is 0 Å². The zero-order valence-corrected chi connectivity index (χ0v) is 19.2. The fraction of sp³-hybridized carbons (Fsp3) is 0.455. The predicted molar refractivity (Wildman–Crippen MR) is 122 cm³/mol. The summed E-state index contributed by atoms with van der Waals surface area (Å²) in [6.45, 7) is 2.13. The molecule has 0 spiro atoms. The number of halogens is 3. The largest absolute Gasteiger partial charge is 0.432 e. The van der Waals surface area contributed by atoms with Crippen LogP contribution in [0, 0.1) is 5.82 Å². The standard InChI is InChI=1S/C22H25F3N8O2/c1-22(2,34)11-32-10-13(8-27-32)31-5-3-4-12(9-31)18-29-19-14-6-15(23)17(35-20(24)25)7-16(14)28-21(26)33(19)30-18/h6-8,10,12,20,34H,3-5,9,11H2,1-2H3,(H2,26,28)/t12-/m1/s1. The third kappa shape index (κ3) is 4.67. The Morgan fingerprint density at radius 1 is 1.29 bits per heavy atom. The van der Waals surface area contributed by atoms with Crippen molar-refractivity contribution >= 4 is 28.2 Å². The van der Waals surface area contributed by atoms with Crippen molar-refractivity contribution < 1.29 is 23.0 Å². The number of benzene rings is 1. The Hall–Kier alpha value is -3.61. The average molecular weight is 490 g/mol. The molecule has 4 aromatic rings. The molecular weight excluding hydrogens is 465 g/mol. The second-order valence-electron chi connectivity index (χ2n) is 9.35. The quantitative estimate of drug-likeness (QED) is 0.423. The Morgan fingerprint density at radius 3 is 2.83 bits per heavy atom. The van der Waals surface area contributed by atoms with E-state index in [2.05, 4.69) is 29.8 Å². The summed E-state index contributed by atoms with van der Waals surface area (Å²) in [5, 5.41) is 19.2. The molecule has 1 aliphatic heterocycles. The number of rotatable bonds is 6. The Morgan fingerprint density at radius 2 is 2.09 bits per heavy atom. The van der Waals surface area contributed by atoms with Crippen LogP contribution >= 0.6 is 0 Å². The summed E-state index contributed by atoms with van der Waals surface area (Å²) < 4.78 is 46.9. The summed E-state index contributed by atoms with van der Waals surface area (Å²) in [5.74, 6) is -1.06. The van der Waals surface area contributed by atoms with Crippen LogP contribution in [0.1, 0.15) is 38.4 Å². The van der Waals surface area contributed by atoms with Crippen LogP contribution in [0.2, 0.25) is 0 Å². The normalized spacial score (nSPS) is 17.1. The number of hydrogen-bond donors (Lipinski definition) is 2. The number of nitrogen functional groups attached to an aromatic ring is 1. The number of nitrogens with zero attached hydrogens (tertiary/aromatic N) is 7. The number of aromatic nitrogens is 6. The molecule has 5 rings (SSSR count). The molecule has 0 unspecified atom stereocenters. The molecule has 0 amide bonds. The van der Waals surface area contributed by atoms with Gasteiger partial charge in [0, 0.05) is 36.7 Å². The molecule has 3 aromatic heterocycles. The molecule has 1 aromatic carbocycles. The maximum atomic E-state index is 14.4. The van der Waals surface area contributed by atoms with Crippen molar-refractivity contribution in [2.75, 3.05) is 23.7 Å². The average Bonchev–Trinajstić information content (AvgIpc) is 3.42. The summed E-state index contributed by atoms with van der Waals surface area (Å²) in [4.78, 5) is 11.0. The van der Waals surface area contributed by atoms with Crippen molar-refractivity contribution in [2.24, 2.45) is 0 Å². The fourth-order valence-electron chi connectivity index (χ4n) is 4.43. The van der Waals surface area contributed by atoms with Crippen LogP contribution in [0.4, 0.5) is 24.8 Å². The Bertz CT molecular complexity index is 1380. The maximum absolute atomic E-state index is 14.4. The van der Waals surface area contributed by atoms with Crippen molar-refractivity contribution in [1.82, 2.24) is 29.4 Å². The van der Waals surface area contributed by atoms with Crippen LogP contribution in [0.5, 0.6) is 5.75 Å². The molecule has 3 N–H and O–H groups in total. The van der Waals surface area contributed by atoms with E-state index in [1.54, 1.807) is 24.7 Å². The van der Waals surface area contributed by atoms with Crippen LogP contribution in [0.25, 0.3) is 16.6 Å². The fourth-order valence-corrected chi connectivity index (χ4v) is 4.43. The van der Waals surface area contributed by atoms with Crippen molar-refractivity contribution in [2.45, 2.75) is 51.4 Å². The van der Waals surface area contributed by atoms with E-state index in [0.717, 1.165) is 37.2 Å². The number of alkyl halides is 2. The highest BCUT2D eigenvalue weighted by Crippen LogP contribution is 2.32. The molecule has 35 heavy (non-hydrogen) atoms. The minimum Gasteiger partial charge on any atom is -0.432 e. The summed E-state index contributed by atoms with van der Waals surface area (Å²) in [6, 6.07) is 2.13. The van der Waals surface area contributed by atoms with E-state index in [0.29, 0.717) is 24.6 Å². The highest BCUT2D eigenvalue weighted by molar-refractivity contribution is 5.93. The number of ether oxygens (including phenoxy) is 1. The van der Waals surface area contributed by atoms with Gasteiger partial charge in [0.2, 0.25) is 5.95 Å². The first-order valence-corrected chi connectivity index (χ1v) is 11.2. The summed E-state index contributed by atoms with van der Waals surface area (Å²) in [7, 11) is 0. The monoisotopic (exact) mass is 490 g/mol. The van der Waals surface area contributed by atoms with E-state index in [1.807, 2.05) is 6.20 Å². The minimum absolute atomic E-state index is 0.00131. The Balaban J connectivity index is 1.45. The molecule has 1 atom stereocenters. The number of fused-ring (bicyclic) bond motifs is 3. The van der Waals surface area contributed by atoms with Gasteiger partial charge in [-0.15, -0.1) is 5.10 Å². The molecule has 186 valence electrons. The van der Waals surface area contributed by atoms with Crippen LogP contribution < -0.4 is 15.4 Å². The lowest BCUT2D eigenvalue weighted by atomic mass is 9.97. The van der Waals surface area contributed by atoms with Gasteiger partial charge in [0.1, 0.15) is 0 Å². The molecule has 4 heterocycles. The molecule has 13 heteroatoms. The van der Waals surface area contributed by atoms with Crippen LogP contribution in [0.3, 0.4) is 0 Å². The predicted octanol–water partition coefficient (Wildman–Crippen LogP) is 2.95. The molecule has 0 saturated carbocycles. The second kappa shape index (κ2) is 8.56. The van der Waals surface area contributed by atoms with Crippen molar-refractivity contribution in [3.8, 4) is 5.75 Å². The van der Waals surface area contributed by atoms with Crippen molar-refractivity contribution in [1.29, 1.82) is 0 Å². The lowest BCUT2D eigenvalue weighted by Gasteiger charge is -2.32. The number of aliphatic hydroxyl groups is 1. The highest BCUT2D eigenvalue weighted by atomic mass is 19.3. The van der Waals surface area contributed by atoms with E-state index >= 15 is 0 Å². The Kier molecular flexibility index (Phi) is 5.66. The van der Waals surface area contributed by atoms with Gasteiger partial charge in [0.15, 0.2) is 23.0 Å². The lowest BCUT2D eigenvalue weighted by molar-refractivity contribution is -0.0520. The molecule has 0 radical (unpaired) electrons. The molecular formula is C22H25F3N8O2. The van der Waals surface area contributed by atoms with Crippen LogP contribution in [0.15, 0.2) is 24.5 Å². The van der Waals surface area contributed by atoms with Gasteiger partial charge in [-0.1, -0.05) is 0 Å². The first-order chi connectivity index (χ1) is 16.6. The molecule has 10 nitrogen and oxygen atoms in total. The SMILES string of the molecule is CC(C)(O)Cn1cc(N2CCC[C@@H](c3nc4c5cc(F)c(OC(F)F)cc5nc(N)n4n3)C2)cn1. The van der Waals surface area contributed by atoms with Gasteiger partial charge < -0.3 is 20.5 Å². The number of hydrogen-bond acceptors (Lipinski definition) is 8. The molecule has 1 saturated heterocycles. The first kappa shape index (κ1) is 23.1. The van der Waals surface area contributed by atoms with Gasteiger partial charge >= 0.3 is 6.61 Å². The number of anilines is 2. The number of nitrogens with two attached hydrogens (primary N) is 1. The molecule has 1 aliphatic rings. The minimum atomic E-state index is -3.17. The van der Waals surface area contributed by atoms with E-state index in [4.69, 9.17) is 5.73 Å². The van der Waals surface area contributed by atoms with Gasteiger partial charge in [-0.25, -0.2) is 14.4 Å². The highest BCUT2D eigenvalue weighted by Gasteiger charge is 2.27. The second-order valence-corrected chi connectivity index (χ2v) is 9.35. The molecule has 0 aliphatic carbocycles.